The summed E-state index contributed by atoms with van der Waals surface area (Å²) in [5.41, 5.74) is 7.72. The maximum Gasteiger partial charge on any atom is 0.260 e. The molecule has 2 amide bonds. The van der Waals surface area contributed by atoms with Crippen molar-refractivity contribution >= 4 is 23.2 Å². The maximum absolute atomic E-state index is 11.8. The molecule has 1 saturated heterocycles. The van der Waals surface area contributed by atoms with Gasteiger partial charge in [-0.1, -0.05) is 6.07 Å². The van der Waals surface area contributed by atoms with Gasteiger partial charge in [-0.05, 0) is 25.0 Å². The van der Waals surface area contributed by atoms with Gasteiger partial charge in [0.05, 0.1) is 11.6 Å². The number of rotatable bonds is 2. The molecule has 3 rings (SSSR count). The highest BCUT2D eigenvalue weighted by Gasteiger charge is 2.34. The highest BCUT2D eigenvalue weighted by atomic mass is 16.3. The quantitative estimate of drug-likeness (QED) is 0.825. The Hall–Kier alpha value is -2.08. The van der Waals surface area contributed by atoms with E-state index in [2.05, 4.69) is 4.90 Å². The molecule has 0 bridgehead atoms. The van der Waals surface area contributed by atoms with E-state index >= 15 is 0 Å². The van der Waals surface area contributed by atoms with Crippen molar-refractivity contribution in [1.29, 1.82) is 0 Å². The van der Waals surface area contributed by atoms with Crippen molar-refractivity contribution in [2.24, 2.45) is 11.7 Å². The van der Waals surface area contributed by atoms with E-state index in [0.29, 0.717) is 12.1 Å². The average Bonchev–Trinajstić information content (AvgIpc) is 2.72. The Kier molecular flexibility index (Phi) is 3.33. The zero-order chi connectivity index (χ0) is 15.1. The molecule has 21 heavy (non-hydrogen) atoms. The Morgan fingerprint density at radius 1 is 1.43 bits per heavy atom. The van der Waals surface area contributed by atoms with Crippen LogP contribution in [0.5, 0.6) is 0 Å². The van der Waals surface area contributed by atoms with Gasteiger partial charge in [0.25, 0.3) is 5.91 Å². The van der Waals surface area contributed by atoms with E-state index in [0.717, 1.165) is 30.8 Å². The molecule has 0 aliphatic carbocycles. The van der Waals surface area contributed by atoms with E-state index in [-0.39, 0.29) is 17.7 Å². The molecular weight excluding hydrogens is 270 g/mol. The first-order chi connectivity index (χ1) is 9.99. The summed E-state index contributed by atoms with van der Waals surface area (Å²) in [4.78, 5) is 26.7. The number of anilines is 2. The van der Waals surface area contributed by atoms with Crippen LogP contribution in [0.4, 0.5) is 11.4 Å². The lowest BCUT2D eigenvalue weighted by Crippen LogP contribution is -2.41. The molecule has 112 valence electrons. The number of piperidine rings is 1. The first kappa shape index (κ1) is 13.9. The molecule has 0 spiro atoms. The van der Waals surface area contributed by atoms with Gasteiger partial charge in [-0.2, -0.15) is 0 Å². The predicted molar refractivity (Wildman–Crippen MR) is 78.9 cm³/mol. The van der Waals surface area contributed by atoms with Crippen molar-refractivity contribution < 1.29 is 14.7 Å². The van der Waals surface area contributed by atoms with Crippen LogP contribution in [0.1, 0.15) is 24.5 Å². The monoisotopic (exact) mass is 289 g/mol. The van der Waals surface area contributed by atoms with Crippen molar-refractivity contribution in [2.75, 3.05) is 29.9 Å². The van der Waals surface area contributed by atoms with Crippen molar-refractivity contribution in [3.05, 3.63) is 23.8 Å². The van der Waals surface area contributed by atoms with Crippen molar-refractivity contribution in [2.45, 2.75) is 18.9 Å². The van der Waals surface area contributed by atoms with E-state index in [1.54, 1.807) is 13.1 Å². The second-order valence-corrected chi connectivity index (χ2v) is 5.73. The number of aliphatic hydroxyl groups excluding tert-OH is 1. The Morgan fingerprint density at radius 2 is 2.19 bits per heavy atom. The number of carbonyl (C=O) groups excluding carboxylic acids is 2. The van der Waals surface area contributed by atoms with Crippen LogP contribution >= 0.6 is 0 Å². The van der Waals surface area contributed by atoms with Crippen LogP contribution in [0.25, 0.3) is 0 Å². The predicted octanol–water partition coefficient (Wildman–Crippen LogP) is 0.398. The minimum Gasteiger partial charge on any atom is -0.378 e. The molecule has 2 unspecified atom stereocenters. The number of nitrogens with zero attached hydrogens (tertiary/aromatic N) is 2. The molecular formula is C15H19N3O3. The number of fused-ring (bicyclic) bond motifs is 1. The molecule has 2 heterocycles. The number of nitrogens with two attached hydrogens (primary N) is 1. The molecule has 1 aromatic carbocycles. The fraction of sp³-hybridized carbons (Fsp3) is 0.467. The van der Waals surface area contributed by atoms with E-state index < -0.39 is 6.10 Å². The van der Waals surface area contributed by atoms with Gasteiger partial charge in [0.1, 0.15) is 0 Å². The highest BCUT2D eigenvalue weighted by molar-refractivity contribution is 6.03. The Bertz CT molecular complexity index is 602. The van der Waals surface area contributed by atoms with E-state index in [4.69, 9.17) is 5.73 Å². The number of amides is 2. The molecule has 2 aliphatic heterocycles. The largest absolute Gasteiger partial charge is 0.378 e. The summed E-state index contributed by atoms with van der Waals surface area (Å²) in [5, 5.41) is 9.87. The van der Waals surface area contributed by atoms with Crippen LogP contribution in [0.2, 0.25) is 0 Å². The molecule has 0 saturated carbocycles. The normalized spacial score (nSPS) is 25.1. The molecule has 2 atom stereocenters. The molecule has 1 aromatic rings. The summed E-state index contributed by atoms with van der Waals surface area (Å²) >= 11 is 0. The van der Waals surface area contributed by atoms with Crippen LogP contribution in [-0.2, 0) is 9.59 Å². The van der Waals surface area contributed by atoms with E-state index in [9.17, 15) is 14.7 Å². The number of carbonyl (C=O) groups is 2. The molecule has 0 aromatic heterocycles. The first-order valence-electron chi connectivity index (χ1n) is 7.13. The molecule has 6 heteroatoms. The van der Waals surface area contributed by atoms with Gasteiger partial charge >= 0.3 is 0 Å². The minimum absolute atomic E-state index is 0.128. The van der Waals surface area contributed by atoms with Crippen molar-refractivity contribution in [3.8, 4) is 0 Å². The number of benzene rings is 1. The third-order valence-electron chi connectivity index (χ3n) is 4.42. The second-order valence-electron chi connectivity index (χ2n) is 5.73. The highest BCUT2D eigenvalue weighted by Crippen LogP contribution is 2.38. The summed E-state index contributed by atoms with van der Waals surface area (Å²) < 4.78 is 0. The molecule has 6 nitrogen and oxygen atoms in total. The number of hydrogen-bond donors (Lipinski definition) is 2. The third-order valence-corrected chi connectivity index (χ3v) is 4.42. The standard InChI is InChI=1S/C15H19N3O3/c1-17-12-7-10(4-5-11(12)13(19)15(17)21)18-6-2-3-9(8-18)14(16)20/h4-5,7,9,13,19H,2-3,6,8H2,1H3,(H2,16,20). The maximum atomic E-state index is 11.8. The van der Waals surface area contributed by atoms with Gasteiger partial charge in [0.15, 0.2) is 6.10 Å². The molecule has 0 radical (unpaired) electrons. The summed E-state index contributed by atoms with van der Waals surface area (Å²) in [6.45, 7) is 1.47. The zero-order valence-electron chi connectivity index (χ0n) is 12.0. The van der Waals surface area contributed by atoms with E-state index in [1.807, 2.05) is 12.1 Å². The van der Waals surface area contributed by atoms with Gasteiger partial charge in [0, 0.05) is 31.4 Å². The fourth-order valence-corrected chi connectivity index (χ4v) is 3.13. The Balaban J connectivity index is 1.88. The minimum atomic E-state index is -1.07. The first-order valence-corrected chi connectivity index (χ1v) is 7.13. The van der Waals surface area contributed by atoms with Crippen LogP contribution in [0.3, 0.4) is 0 Å². The number of hydrogen-bond acceptors (Lipinski definition) is 4. The SMILES string of the molecule is CN1C(=O)C(O)c2ccc(N3CCCC(C(N)=O)C3)cc21. The van der Waals surface area contributed by atoms with Gasteiger partial charge in [0.2, 0.25) is 5.91 Å². The summed E-state index contributed by atoms with van der Waals surface area (Å²) in [7, 11) is 1.66. The van der Waals surface area contributed by atoms with Gasteiger partial charge < -0.3 is 20.6 Å². The number of primary amides is 1. The molecule has 2 aliphatic rings. The van der Waals surface area contributed by atoms with Gasteiger partial charge in [-0.25, -0.2) is 0 Å². The zero-order valence-corrected chi connectivity index (χ0v) is 12.0. The van der Waals surface area contributed by atoms with E-state index in [1.165, 1.54) is 4.90 Å². The summed E-state index contributed by atoms with van der Waals surface area (Å²) in [6, 6.07) is 5.56. The third kappa shape index (κ3) is 2.25. The van der Waals surface area contributed by atoms with Crippen LogP contribution < -0.4 is 15.5 Å². The van der Waals surface area contributed by atoms with Crippen molar-refractivity contribution in [3.63, 3.8) is 0 Å². The molecule has 3 N–H and O–H groups in total. The Labute approximate surface area is 123 Å². The lowest BCUT2D eigenvalue weighted by atomic mass is 9.96. The van der Waals surface area contributed by atoms with Gasteiger partial charge in [-0.15, -0.1) is 0 Å². The smallest absolute Gasteiger partial charge is 0.260 e. The lowest BCUT2D eigenvalue weighted by molar-refractivity contribution is -0.125. The van der Waals surface area contributed by atoms with Crippen molar-refractivity contribution in [1.82, 2.24) is 0 Å². The van der Waals surface area contributed by atoms with Gasteiger partial charge in [-0.3, -0.25) is 9.59 Å². The number of aliphatic hydroxyl groups is 1. The summed E-state index contributed by atoms with van der Waals surface area (Å²) in [5.74, 6) is -0.698. The fourth-order valence-electron chi connectivity index (χ4n) is 3.13. The lowest BCUT2D eigenvalue weighted by Gasteiger charge is -2.33. The topological polar surface area (TPSA) is 86.9 Å². The second kappa shape index (κ2) is 5.04. The molecule has 1 fully saturated rings. The number of likely N-dealkylation sites (N-methyl/N-ethyl adjacent to an activating group) is 1. The van der Waals surface area contributed by atoms with Crippen LogP contribution in [0.15, 0.2) is 18.2 Å². The van der Waals surface area contributed by atoms with Crippen LogP contribution in [0, 0.1) is 5.92 Å². The average molecular weight is 289 g/mol. The van der Waals surface area contributed by atoms with Crippen LogP contribution in [-0.4, -0.2) is 37.1 Å². The summed E-state index contributed by atoms with van der Waals surface area (Å²) in [6.07, 6.45) is 0.675. The Morgan fingerprint density at radius 3 is 2.90 bits per heavy atom.